The first kappa shape index (κ1) is 13.1. The second kappa shape index (κ2) is 5.66. The molecule has 1 aliphatic heterocycles. The van der Waals surface area contributed by atoms with Gasteiger partial charge in [0.2, 0.25) is 0 Å². The van der Waals surface area contributed by atoms with Crippen LogP contribution in [0.3, 0.4) is 0 Å². The number of rotatable bonds is 2. The molecule has 2 nitrogen and oxygen atoms in total. The molecule has 0 aliphatic carbocycles. The van der Waals surface area contributed by atoms with Crippen molar-refractivity contribution in [3.05, 3.63) is 102 Å². The van der Waals surface area contributed by atoms with Crippen molar-refractivity contribution >= 4 is 5.69 Å². The van der Waals surface area contributed by atoms with Crippen LogP contribution >= 0.6 is 0 Å². The Hall–Kier alpha value is -2.58. The van der Waals surface area contributed by atoms with E-state index in [1.54, 1.807) is 0 Å². The highest BCUT2D eigenvalue weighted by molar-refractivity contribution is 5.52. The van der Waals surface area contributed by atoms with Crippen LogP contribution in [0.4, 0.5) is 5.69 Å². The molecule has 2 heteroatoms. The third kappa shape index (κ3) is 2.28. The molecule has 3 aromatic rings. The molecule has 0 fully saturated rings. The minimum atomic E-state index is 0.0774. The van der Waals surface area contributed by atoms with E-state index in [2.05, 4.69) is 60.7 Å². The van der Waals surface area contributed by atoms with Crippen molar-refractivity contribution in [2.24, 2.45) is 0 Å². The van der Waals surface area contributed by atoms with E-state index < -0.39 is 0 Å². The molecule has 4 rings (SSSR count). The third-order valence-electron chi connectivity index (χ3n) is 4.07. The molecular weight excluding hydrogens is 270 g/mol. The smallest absolute Gasteiger partial charge is 0.107 e. The minimum absolute atomic E-state index is 0.0774. The van der Waals surface area contributed by atoms with Crippen molar-refractivity contribution in [3.8, 4) is 0 Å². The predicted octanol–water partition coefficient (Wildman–Crippen LogP) is 4.73. The second-order valence-electron chi connectivity index (χ2n) is 5.45. The molecule has 1 atom stereocenters. The molecule has 0 bridgehead atoms. The van der Waals surface area contributed by atoms with Gasteiger partial charge in [0.05, 0.1) is 5.69 Å². The van der Waals surface area contributed by atoms with Crippen molar-refractivity contribution in [1.29, 1.82) is 0 Å². The van der Waals surface area contributed by atoms with Crippen LogP contribution in [0.2, 0.25) is 0 Å². The van der Waals surface area contributed by atoms with Gasteiger partial charge < -0.3 is 0 Å². The molecule has 22 heavy (non-hydrogen) atoms. The molecule has 108 valence electrons. The molecule has 0 saturated carbocycles. The summed E-state index contributed by atoms with van der Waals surface area (Å²) in [5.74, 6) is 0. The van der Waals surface area contributed by atoms with E-state index in [0.29, 0.717) is 6.61 Å². The van der Waals surface area contributed by atoms with Gasteiger partial charge in [-0.05, 0) is 28.8 Å². The summed E-state index contributed by atoms with van der Waals surface area (Å²) in [5.41, 5.74) is 4.87. The second-order valence-corrected chi connectivity index (χ2v) is 5.45. The standard InChI is InChI=1S/C20H17NO/c1-3-9-16(10-4-1)20-19-14-8-7-11-17(19)15-22-21(20)18-12-5-2-6-13-18/h1-14,20H,15H2. The molecule has 0 aromatic heterocycles. The largest absolute Gasteiger partial charge is 0.268 e. The number of benzene rings is 3. The van der Waals surface area contributed by atoms with Gasteiger partial charge >= 0.3 is 0 Å². The zero-order valence-electron chi connectivity index (χ0n) is 12.2. The lowest BCUT2D eigenvalue weighted by Gasteiger charge is -2.38. The summed E-state index contributed by atoms with van der Waals surface area (Å²) in [6.45, 7) is 0.606. The van der Waals surface area contributed by atoms with E-state index in [0.717, 1.165) is 5.69 Å². The van der Waals surface area contributed by atoms with Crippen LogP contribution in [0.1, 0.15) is 22.7 Å². The van der Waals surface area contributed by atoms with Crippen LogP contribution in [0, 0.1) is 0 Å². The van der Waals surface area contributed by atoms with Gasteiger partial charge in [-0.25, -0.2) is 5.06 Å². The summed E-state index contributed by atoms with van der Waals surface area (Å²) >= 11 is 0. The van der Waals surface area contributed by atoms with E-state index in [-0.39, 0.29) is 6.04 Å². The van der Waals surface area contributed by atoms with Crippen molar-refractivity contribution < 1.29 is 4.84 Å². The van der Waals surface area contributed by atoms with Gasteiger partial charge in [-0.2, -0.15) is 0 Å². The van der Waals surface area contributed by atoms with Crippen molar-refractivity contribution in [2.45, 2.75) is 12.6 Å². The topological polar surface area (TPSA) is 12.5 Å². The number of hydrogen-bond donors (Lipinski definition) is 0. The molecule has 0 saturated heterocycles. The molecule has 1 aliphatic rings. The van der Waals surface area contributed by atoms with Gasteiger partial charge in [0, 0.05) is 0 Å². The molecule has 0 spiro atoms. The Balaban J connectivity index is 1.86. The molecule has 0 amide bonds. The number of fused-ring (bicyclic) bond motifs is 1. The lowest BCUT2D eigenvalue weighted by Crippen LogP contribution is -2.34. The summed E-state index contributed by atoms with van der Waals surface area (Å²) in [7, 11) is 0. The maximum atomic E-state index is 6.09. The zero-order chi connectivity index (χ0) is 14.8. The van der Waals surface area contributed by atoms with Gasteiger partial charge in [0.15, 0.2) is 0 Å². The van der Waals surface area contributed by atoms with E-state index in [9.17, 15) is 0 Å². The first-order chi connectivity index (χ1) is 10.9. The van der Waals surface area contributed by atoms with Crippen molar-refractivity contribution in [1.82, 2.24) is 0 Å². The Morgan fingerprint density at radius 3 is 2.14 bits per heavy atom. The van der Waals surface area contributed by atoms with E-state index in [4.69, 9.17) is 4.84 Å². The van der Waals surface area contributed by atoms with Gasteiger partial charge in [-0.3, -0.25) is 4.84 Å². The number of para-hydroxylation sites is 1. The maximum Gasteiger partial charge on any atom is 0.107 e. The first-order valence-electron chi connectivity index (χ1n) is 7.53. The van der Waals surface area contributed by atoms with E-state index in [1.165, 1.54) is 16.7 Å². The number of nitrogens with zero attached hydrogens (tertiary/aromatic N) is 1. The van der Waals surface area contributed by atoms with Gasteiger partial charge in [-0.15, -0.1) is 0 Å². The minimum Gasteiger partial charge on any atom is -0.268 e. The fourth-order valence-corrected chi connectivity index (χ4v) is 3.02. The average molecular weight is 287 g/mol. The molecular formula is C20H17NO. The summed E-state index contributed by atoms with van der Waals surface area (Å²) in [6.07, 6.45) is 0. The van der Waals surface area contributed by atoms with Crippen LogP contribution in [0.5, 0.6) is 0 Å². The highest BCUT2D eigenvalue weighted by Gasteiger charge is 2.29. The van der Waals surface area contributed by atoms with Gasteiger partial charge in [0.1, 0.15) is 12.6 Å². The van der Waals surface area contributed by atoms with Gasteiger partial charge in [-0.1, -0.05) is 72.8 Å². The Morgan fingerprint density at radius 2 is 1.36 bits per heavy atom. The summed E-state index contributed by atoms with van der Waals surface area (Å²) < 4.78 is 0. The molecule has 0 N–H and O–H groups in total. The van der Waals surface area contributed by atoms with Crippen LogP contribution in [0.25, 0.3) is 0 Å². The molecule has 1 unspecified atom stereocenters. The first-order valence-corrected chi connectivity index (χ1v) is 7.53. The van der Waals surface area contributed by atoms with Crippen molar-refractivity contribution in [2.75, 3.05) is 5.06 Å². The predicted molar refractivity (Wildman–Crippen MR) is 88.4 cm³/mol. The number of hydroxylamine groups is 1. The zero-order valence-corrected chi connectivity index (χ0v) is 12.2. The lowest BCUT2D eigenvalue weighted by molar-refractivity contribution is 0.0663. The normalized spacial score (nSPS) is 17.1. The molecule has 0 radical (unpaired) electrons. The van der Waals surface area contributed by atoms with Crippen LogP contribution in [0.15, 0.2) is 84.9 Å². The Labute approximate surface area is 130 Å². The Morgan fingerprint density at radius 1 is 0.727 bits per heavy atom. The summed E-state index contributed by atoms with van der Waals surface area (Å²) in [6, 6.07) is 29.4. The highest BCUT2D eigenvalue weighted by atomic mass is 16.7. The fraction of sp³-hybridized carbons (Fsp3) is 0.100. The van der Waals surface area contributed by atoms with E-state index in [1.807, 2.05) is 29.3 Å². The summed E-state index contributed by atoms with van der Waals surface area (Å²) in [5, 5.41) is 2.03. The van der Waals surface area contributed by atoms with Crippen molar-refractivity contribution in [3.63, 3.8) is 0 Å². The molecule has 1 heterocycles. The monoisotopic (exact) mass is 287 g/mol. The van der Waals surface area contributed by atoms with Crippen LogP contribution in [-0.4, -0.2) is 0 Å². The van der Waals surface area contributed by atoms with Crippen LogP contribution in [-0.2, 0) is 11.4 Å². The third-order valence-corrected chi connectivity index (χ3v) is 4.07. The Kier molecular flexibility index (Phi) is 3.37. The quantitative estimate of drug-likeness (QED) is 0.675. The average Bonchev–Trinajstić information content (AvgIpc) is 2.62. The summed E-state index contributed by atoms with van der Waals surface area (Å²) in [4.78, 5) is 6.09. The maximum absolute atomic E-state index is 6.09. The highest BCUT2D eigenvalue weighted by Crippen LogP contribution is 2.38. The SMILES string of the molecule is c1ccc(C2c3ccccc3CON2c2ccccc2)cc1. The van der Waals surface area contributed by atoms with Gasteiger partial charge in [0.25, 0.3) is 0 Å². The number of hydrogen-bond acceptors (Lipinski definition) is 2. The Bertz CT molecular complexity index is 755. The van der Waals surface area contributed by atoms with Crippen LogP contribution < -0.4 is 5.06 Å². The fourth-order valence-electron chi connectivity index (χ4n) is 3.02. The number of anilines is 1. The lowest BCUT2D eigenvalue weighted by atomic mass is 9.93. The molecule has 3 aromatic carbocycles. The van der Waals surface area contributed by atoms with E-state index >= 15 is 0 Å².